The maximum absolute atomic E-state index is 12.7. The zero-order valence-corrected chi connectivity index (χ0v) is 11.0. The fourth-order valence-electron chi connectivity index (χ4n) is 2.60. The minimum Gasteiger partial charge on any atom is -0.312 e. The van der Waals surface area contributed by atoms with Crippen molar-refractivity contribution in [2.45, 2.75) is 5.54 Å². The number of carbonyl (C=O) groups is 2. The van der Waals surface area contributed by atoms with Crippen molar-refractivity contribution in [1.82, 2.24) is 0 Å². The van der Waals surface area contributed by atoms with Crippen molar-refractivity contribution in [2.75, 3.05) is 11.9 Å². The van der Waals surface area contributed by atoms with E-state index in [1.165, 1.54) is 4.90 Å². The molecular weight excluding hydrogens is 252 g/mol. The Bertz CT molecular complexity index is 697. The number of Topliss-reactive ketones (excluding diaryl/α,β-unsaturated/α-hetero) is 1. The predicted molar refractivity (Wildman–Crippen MR) is 76.5 cm³/mol. The molecule has 3 rings (SSSR count). The van der Waals surface area contributed by atoms with E-state index in [4.69, 9.17) is 5.73 Å². The van der Waals surface area contributed by atoms with Gasteiger partial charge in [0.1, 0.15) is 0 Å². The maximum Gasteiger partial charge on any atom is 0.259 e. The summed E-state index contributed by atoms with van der Waals surface area (Å²) in [6.07, 6.45) is 0. The molecule has 2 aromatic carbocycles. The van der Waals surface area contributed by atoms with Gasteiger partial charge in [-0.25, -0.2) is 0 Å². The highest BCUT2D eigenvalue weighted by atomic mass is 16.2. The Labute approximate surface area is 116 Å². The van der Waals surface area contributed by atoms with Crippen molar-refractivity contribution in [3.05, 3.63) is 65.7 Å². The molecule has 4 nitrogen and oxygen atoms in total. The molecule has 20 heavy (non-hydrogen) atoms. The highest BCUT2D eigenvalue weighted by Gasteiger charge is 2.50. The van der Waals surface area contributed by atoms with Crippen LogP contribution in [0.25, 0.3) is 0 Å². The van der Waals surface area contributed by atoms with E-state index < -0.39 is 11.4 Å². The summed E-state index contributed by atoms with van der Waals surface area (Å²) in [5, 5.41) is 0. The molecule has 0 fully saturated rings. The van der Waals surface area contributed by atoms with E-state index in [9.17, 15) is 9.59 Å². The number of benzene rings is 2. The smallest absolute Gasteiger partial charge is 0.259 e. The SMILES string of the molecule is CN1C(=O)C(N)(c2ccccc2)C(=O)c2ccccc21. The summed E-state index contributed by atoms with van der Waals surface area (Å²) in [4.78, 5) is 26.8. The van der Waals surface area contributed by atoms with Crippen molar-refractivity contribution in [2.24, 2.45) is 5.73 Å². The molecule has 0 aromatic heterocycles. The number of hydrogen-bond acceptors (Lipinski definition) is 3. The largest absolute Gasteiger partial charge is 0.312 e. The van der Waals surface area contributed by atoms with Crippen LogP contribution in [-0.4, -0.2) is 18.7 Å². The van der Waals surface area contributed by atoms with E-state index >= 15 is 0 Å². The van der Waals surface area contributed by atoms with Gasteiger partial charge in [0, 0.05) is 12.6 Å². The molecule has 0 spiro atoms. The van der Waals surface area contributed by atoms with Crippen LogP contribution >= 0.6 is 0 Å². The van der Waals surface area contributed by atoms with Crippen LogP contribution in [0.2, 0.25) is 0 Å². The standard InChI is InChI=1S/C16H14N2O2/c1-18-13-10-6-5-9-12(13)14(19)16(17,15(18)20)11-7-3-2-4-8-11/h2-10H,17H2,1H3. The minimum absolute atomic E-state index is 0.359. The first-order valence-electron chi connectivity index (χ1n) is 6.33. The van der Waals surface area contributed by atoms with Crippen LogP contribution in [0.5, 0.6) is 0 Å². The summed E-state index contributed by atoms with van der Waals surface area (Å²) in [7, 11) is 1.64. The molecule has 0 aliphatic carbocycles. The Morgan fingerprint density at radius 3 is 2.25 bits per heavy atom. The van der Waals surface area contributed by atoms with Crippen LogP contribution in [0.15, 0.2) is 54.6 Å². The topological polar surface area (TPSA) is 63.4 Å². The lowest BCUT2D eigenvalue weighted by Crippen LogP contribution is -2.60. The molecular formula is C16H14N2O2. The predicted octanol–water partition coefficient (Wildman–Crippen LogP) is 1.70. The third-order valence-corrected chi connectivity index (χ3v) is 3.74. The summed E-state index contributed by atoms with van der Waals surface area (Å²) in [5.74, 6) is -0.769. The van der Waals surface area contributed by atoms with Crippen molar-refractivity contribution in [1.29, 1.82) is 0 Å². The molecule has 1 aliphatic heterocycles. The van der Waals surface area contributed by atoms with Crippen LogP contribution in [0, 0.1) is 0 Å². The molecule has 0 saturated carbocycles. The average molecular weight is 266 g/mol. The first-order chi connectivity index (χ1) is 9.56. The number of likely N-dealkylation sites (N-methyl/N-ethyl adjacent to an activating group) is 1. The number of para-hydroxylation sites is 1. The quantitative estimate of drug-likeness (QED) is 0.799. The van der Waals surface area contributed by atoms with Gasteiger partial charge < -0.3 is 10.6 Å². The summed E-state index contributed by atoms with van der Waals surface area (Å²) in [5.41, 5.74) is 6.16. The monoisotopic (exact) mass is 266 g/mol. The molecule has 0 bridgehead atoms. The van der Waals surface area contributed by atoms with Crippen LogP contribution in [-0.2, 0) is 10.3 Å². The van der Waals surface area contributed by atoms with Gasteiger partial charge in [0.05, 0.1) is 5.69 Å². The highest BCUT2D eigenvalue weighted by Crippen LogP contribution is 2.35. The van der Waals surface area contributed by atoms with E-state index in [0.717, 1.165) is 0 Å². The lowest BCUT2D eigenvalue weighted by molar-refractivity contribution is -0.122. The van der Waals surface area contributed by atoms with Gasteiger partial charge >= 0.3 is 0 Å². The number of nitrogens with zero attached hydrogens (tertiary/aromatic N) is 1. The number of nitrogens with two attached hydrogens (primary N) is 1. The molecule has 1 unspecified atom stereocenters. The highest BCUT2D eigenvalue weighted by molar-refractivity contribution is 6.27. The fourth-order valence-corrected chi connectivity index (χ4v) is 2.60. The Morgan fingerprint density at radius 2 is 1.55 bits per heavy atom. The molecule has 0 radical (unpaired) electrons. The Balaban J connectivity index is 2.24. The maximum atomic E-state index is 12.7. The van der Waals surface area contributed by atoms with Gasteiger partial charge in [-0.2, -0.15) is 0 Å². The summed E-state index contributed by atoms with van der Waals surface area (Å²) < 4.78 is 0. The number of fused-ring (bicyclic) bond motifs is 1. The van der Waals surface area contributed by atoms with Gasteiger partial charge in [-0.05, 0) is 17.7 Å². The number of carbonyl (C=O) groups excluding carboxylic acids is 2. The number of anilines is 1. The molecule has 1 aliphatic rings. The molecule has 2 N–H and O–H groups in total. The Hall–Kier alpha value is -2.46. The zero-order valence-electron chi connectivity index (χ0n) is 11.0. The van der Waals surface area contributed by atoms with Gasteiger partial charge in [0.25, 0.3) is 5.91 Å². The lowest BCUT2D eigenvalue weighted by Gasteiger charge is -2.37. The fraction of sp³-hybridized carbons (Fsp3) is 0.125. The molecule has 4 heteroatoms. The van der Waals surface area contributed by atoms with E-state index in [-0.39, 0.29) is 5.78 Å². The van der Waals surface area contributed by atoms with E-state index in [1.807, 2.05) is 6.07 Å². The molecule has 1 atom stereocenters. The van der Waals surface area contributed by atoms with Crippen LogP contribution in [0.1, 0.15) is 15.9 Å². The molecule has 100 valence electrons. The van der Waals surface area contributed by atoms with Crippen molar-refractivity contribution < 1.29 is 9.59 Å². The molecule has 1 amide bonds. The summed E-state index contributed by atoms with van der Waals surface area (Å²) in [6, 6.07) is 15.8. The Morgan fingerprint density at radius 1 is 0.950 bits per heavy atom. The van der Waals surface area contributed by atoms with Gasteiger partial charge in [-0.15, -0.1) is 0 Å². The van der Waals surface area contributed by atoms with Gasteiger partial charge in [-0.1, -0.05) is 42.5 Å². The number of hydrogen-bond donors (Lipinski definition) is 1. The Kier molecular flexibility index (Phi) is 2.69. The van der Waals surface area contributed by atoms with E-state index in [2.05, 4.69) is 0 Å². The van der Waals surface area contributed by atoms with Crippen LogP contribution < -0.4 is 10.6 Å². The van der Waals surface area contributed by atoms with Crippen molar-refractivity contribution in [3.63, 3.8) is 0 Å². The zero-order chi connectivity index (χ0) is 14.3. The number of rotatable bonds is 1. The lowest BCUT2D eigenvalue weighted by atomic mass is 9.79. The normalized spacial score (nSPS) is 21.8. The van der Waals surface area contributed by atoms with Crippen molar-refractivity contribution in [3.8, 4) is 0 Å². The number of ketones is 1. The van der Waals surface area contributed by atoms with E-state index in [1.54, 1.807) is 55.6 Å². The second-order valence-electron chi connectivity index (χ2n) is 4.88. The van der Waals surface area contributed by atoms with Crippen LogP contribution in [0.4, 0.5) is 5.69 Å². The number of amides is 1. The summed E-state index contributed by atoms with van der Waals surface area (Å²) >= 11 is 0. The van der Waals surface area contributed by atoms with Gasteiger partial charge in [0.2, 0.25) is 0 Å². The first kappa shape index (κ1) is 12.6. The molecule has 0 saturated heterocycles. The average Bonchev–Trinajstić information content (AvgIpc) is 2.51. The van der Waals surface area contributed by atoms with Gasteiger partial charge in [-0.3, -0.25) is 9.59 Å². The minimum atomic E-state index is -1.65. The van der Waals surface area contributed by atoms with Crippen molar-refractivity contribution >= 4 is 17.4 Å². The third kappa shape index (κ3) is 1.52. The molecule has 2 aromatic rings. The summed E-state index contributed by atoms with van der Waals surface area (Å²) in [6.45, 7) is 0. The second-order valence-corrected chi connectivity index (χ2v) is 4.88. The first-order valence-corrected chi connectivity index (χ1v) is 6.33. The molecule has 1 heterocycles. The van der Waals surface area contributed by atoms with E-state index in [0.29, 0.717) is 16.8 Å². The third-order valence-electron chi connectivity index (χ3n) is 3.74. The van der Waals surface area contributed by atoms with Crippen LogP contribution in [0.3, 0.4) is 0 Å². The second kappa shape index (κ2) is 4.28. The van der Waals surface area contributed by atoms with Gasteiger partial charge in [0.15, 0.2) is 11.3 Å².